The number of alkyl halides is 3. The van der Waals surface area contributed by atoms with Gasteiger partial charge >= 0.3 is 6.18 Å². The van der Waals surface area contributed by atoms with Crippen molar-refractivity contribution in [3.8, 4) is 6.07 Å². The van der Waals surface area contributed by atoms with Crippen molar-refractivity contribution in [2.24, 2.45) is 16.8 Å². The third-order valence-corrected chi connectivity index (χ3v) is 4.92. The second-order valence-electron chi connectivity index (χ2n) is 6.62. The lowest BCUT2D eigenvalue weighted by atomic mass is 9.76. The van der Waals surface area contributed by atoms with Gasteiger partial charge in [-0.05, 0) is 29.8 Å². The first-order valence-corrected chi connectivity index (χ1v) is 8.63. The molecule has 2 aromatic carbocycles. The highest BCUT2D eigenvalue weighted by Crippen LogP contribution is 2.48. The Morgan fingerprint density at radius 1 is 1.07 bits per heavy atom. The summed E-state index contributed by atoms with van der Waals surface area (Å²) in [6.07, 6.45) is -5.97. The number of para-hydroxylation sites is 1. The number of nitrogens with zero attached hydrogens (tertiary/aromatic N) is 3. The Morgan fingerprint density at radius 3 is 2.31 bits per heavy atom. The summed E-state index contributed by atoms with van der Waals surface area (Å²) in [5.74, 6) is -3.27. The number of ether oxygens (including phenoxy) is 1. The molecule has 0 unspecified atom stereocenters. The lowest BCUT2D eigenvalue weighted by molar-refractivity contribution is -0.0658. The van der Waals surface area contributed by atoms with E-state index in [0.717, 1.165) is 17.1 Å². The fourth-order valence-corrected chi connectivity index (χ4v) is 3.70. The van der Waals surface area contributed by atoms with Crippen LogP contribution in [-0.4, -0.2) is 18.1 Å². The van der Waals surface area contributed by atoms with E-state index in [1.54, 1.807) is 30.3 Å². The van der Waals surface area contributed by atoms with Gasteiger partial charge in [0.15, 0.2) is 5.71 Å². The topological polar surface area (TPSA) is 74.6 Å². The Bertz CT molecular complexity index is 1030. The number of rotatable bonds is 2. The largest absolute Gasteiger partial charge is 0.452 e. The highest BCUT2D eigenvalue weighted by Gasteiger charge is 2.57. The first kappa shape index (κ1) is 18.8. The Labute approximate surface area is 163 Å². The van der Waals surface area contributed by atoms with E-state index < -0.39 is 35.8 Å². The van der Waals surface area contributed by atoms with Crippen LogP contribution < -0.4 is 10.7 Å². The summed E-state index contributed by atoms with van der Waals surface area (Å²) in [6.45, 7) is 0. The molecule has 0 spiro atoms. The number of allylic oxidation sites excluding steroid dienone is 1. The lowest BCUT2D eigenvalue weighted by Gasteiger charge is -2.37. The van der Waals surface area contributed by atoms with Crippen LogP contribution in [0.2, 0.25) is 0 Å². The quantitative estimate of drug-likeness (QED) is 0.771. The van der Waals surface area contributed by atoms with E-state index in [1.165, 1.54) is 12.1 Å². The van der Waals surface area contributed by atoms with Crippen LogP contribution >= 0.6 is 0 Å². The van der Waals surface area contributed by atoms with Crippen LogP contribution in [0.15, 0.2) is 71.2 Å². The number of hydrazone groups is 1. The second kappa shape index (κ2) is 6.81. The predicted molar refractivity (Wildman–Crippen MR) is 96.7 cm³/mol. The summed E-state index contributed by atoms with van der Waals surface area (Å²) in [5, 5.41) is 14.5. The summed E-state index contributed by atoms with van der Waals surface area (Å²) in [5.41, 5.74) is 5.37. The van der Waals surface area contributed by atoms with Crippen molar-refractivity contribution in [2.45, 2.75) is 18.3 Å². The van der Waals surface area contributed by atoms with Gasteiger partial charge in [-0.1, -0.05) is 30.3 Å². The molecule has 29 heavy (non-hydrogen) atoms. The highest BCUT2D eigenvalue weighted by atomic mass is 19.4. The average Bonchev–Trinajstić information content (AvgIpc) is 3.08. The number of nitriles is 1. The maximum absolute atomic E-state index is 13.9. The Hall–Kier alpha value is -3.54. The molecule has 0 aliphatic carbocycles. The second-order valence-corrected chi connectivity index (χ2v) is 6.62. The maximum atomic E-state index is 13.9. The third-order valence-electron chi connectivity index (χ3n) is 4.92. The predicted octanol–water partition coefficient (Wildman–Crippen LogP) is 4.01. The van der Waals surface area contributed by atoms with Gasteiger partial charge in [0.2, 0.25) is 12.1 Å². The molecule has 0 bridgehead atoms. The van der Waals surface area contributed by atoms with Gasteiger partial charge in [-0.15, -0.1) is 0 Å². The minimum atomic E-state index is -4.76. The number of halogens is 4. The fraction of sp³-hybridized carbons (Fsp3) is 0.200. The third kappa shape index (κ3) is 3.16. The Balaban J connectivity index is 1.90. The van der Waals surface area contributed by atoms with Crippen molar-refractivity contribution < 1.29 is 22.3 Å². The lowest BCUT2D eigenvalue weighted by Crippen LogP contribution is -2.46. The fourth-order valence-electron chi connectivity index (χ4n) is 3.70. The molecule has 0 saturated heterocycles. The molecular weight excluding hydrogens is 388 g/mol. The standard InChI is InChI=1S/C20H14F4N4O/c21-12-8-6-11(7-9-12)15-14(10-25)18(26)29-19-16(15)17(20(22,23)24)27-28(19)13-4-2-1-3-5-13/h1-9,15-16,19H,26H2/t15-,16-,19-/m1/s1. The summed E-state index contributed by atoms with van der Waals surface area (Å²) in [7, 11) is 0. The summed E-state index contributed by atoms with van der Waals surface area (Å²) in [4.78, 5) is 0. The van der Waals surface area contributed by atoms with Crippen molar-refractivity contribution in [3.63, 3.8) is 0 Å². The zero-order chi connectivity index (χ0) is 20.8. The molecular formula is C20H14F4N4O. The summed E-state index contributed by atoms with van der Waals surface area (Å²) < 4.78 is 60.6. The smallest absolute Gasteiger partial charge is 0.431 e. The van der Waals surface area contributed by atoms with Crippen LogP contribution in [0.1, 0.15) is 11.5 Å². The van der Waals surface area contributed by atoms with Gasteiger partial charge in [0.25, 0.3) is 0 Å². The number of nitrogens with two attached hydrogens (primary N) is 1. The van der Waals surface area contributed by atoms with Gasteiger partial charge < -0.3 is 10.5 Å². The van der Waals surface area contributed by atoms with E-state index >= 15 is 0 Å². The van der Waals surface area contributed by atoms with Gasteiger partial charge in [0.05, 0.1) is 17.2 Å². The van der Waals surface area contributed by atoms with E-state index in [4.69, 9.17) is 10.5 Å². The normalized spacial score (nSPS) is 23.9. The SMILES string of the molecule is N#CC1=C(N)O[C@@H]2[C@@H](C(C(F)(F)F)=NN2c2ccccc2)[C@@H]1c1ccc(F)cc1. The van der Waals surface area contributed by atoms with Gasteiger partial charge in [-0.3, -0.25) is 0 Å². The van der Waals surface area contributed by atoms with Gasteiger partial charge in [-0.2, -0.15) is 23.5 Å². The monoisotopic (exact) mass is 402 g/mol. The molecule has 4 rings (SSSR count). The van der Waals surface area contributed by atoms with Crippen molar-refractivity contribution in [3.05, 3.63) is 77.4 Å². The van der Waals surface area contributed by atoms with Crippen molar-refractivity contribution in [1.29, 1.82) is 5.26 Å². The van der Waals surface area contributed by atoms with Crippen LogP contribution in [0.5, 0.6) is 0 Å². The molecule has 5 nitrogen and oxygen atoms in total. The first-order valence-electron chi connectivity index (χ1n) is 8.63. The maximum Gasteiger partial charge on any atom is 0.431 e. The van der Waals surface area contributed by atoms with Crippen LogP contribution in [0.4, 0.5) is 23.2 Å². The number of hydrogen-bond acceptors (Lipinski definition) is 5. The number of benzene rings is 2. The number of hydrogen-bond donors (Lipinski definition) is 1. The first-order chi connectivity index (χ1) is 13.8. The van der Waals surface area contributed by atoms with Gasteiger partial charge in [0, 0.05) is 5.92 Å². The highest BCUT2D eigenvalue weighted by molar-refractivity contribution is 5.96. The van der Waals surface area contributed by atoms with Crippen molar-refractivity contribution in [1.82, 2.24) is 0 Å². The molecule has 2 aliphatic heterocycles. The molecule has 2 N–H and O–H groups in total. The Kier molecular flexibility index (Phi) is 4.42. The molecule has 9 heteroatoms. The molecule has 2 aromatic rings. The van der Waals surface area contributed by atoms with E-state index in [-0.39, 0.29) is 11.5 Å². The van der Waals surface area contributed by atoms with Crippen LogP contribution in [0.3, 0.4) is 0 Å². The number of anilines is 1. The molecule has 3 atom stereocenters. The summed E-state index contributed by atoms with van der Waals surface area (Å²) >= 11 is 0. The van der Waals surface area contributed by atoms with Crippen LogP contribution in [0.25, 0.3) is 0 Å². The minimum Gasteiger partial charge on any atom is -0.452 e. The van der Waals surface area contributed by atoms with Crippen LogP contribution in [0, 0.1) is 23.1 Å². The molecule has 0 amide bonds. The van der Waals surface area contributed by atoms with Gasteiger partial charge in [0.1, 0.15) is 11.9 Å². The molecule has 2 aliphatic rings. The zero-order valence-electron chi connectivity index (χ0n) is 14.8. The van der Waals surface area contributed by atoms with Crippen molar-refractivity contribution in [2.75, 3.05) is 5.01 Å². The van der Waals surface area contributed by atoms with Crippen molar-refractivity contribution >= 4 is 11.4 Å². The van der Waals surface area contributed by atoms with E-state index in [1.807, 2.05) is 6.07 Å². The number of fused-ring (bicyclic) bond motifs is 1. The molecule has 2 heterocycles. The average molecular weight is 402 g/mol. The summed E-state index contributed by atoms with van der Waals surface area (Å²) in [6, 6.07) is 15.0. The molecule has 0 aromatic heterocycles. The Morgan fingerprint density at radius 2 is 1.72 bits per heavy atom. The molecule has 0 fully saturated rings. The van der Waals surface area contributed by atoms with E-state index in [9.17, 15) is 22.8 Å². The van der Waals surface area contributed by atoms with E-state index in [2.05, 4.69) is 5.10 Å². The van der Waals surface area contributed by atoms with E-state index in [0.29, 0.717) is 11.3 Å². The minimum absolute atomic E-state index is 0.148. The molecule has 0 radical (unpaired) electrons. The molecule has 0 saturated carbocycles. The van der Waals surface area contributed by atoms with Crippen LogP contribution in [-0.2, 0) is 4.74 Å². The van der Waals surface area contributed by atoms with Gasteiger partial charge in [-0.25, -0.2) is 9.40 Å². The zero-order valence-corrected chi connectivity index (χ0v) is 14.8. The molecule has 148 valence electrons.